The van der Waals surface area contributed by atoms with E-state index in [4.69, 9.17) is 9.15 Å². The van der Waals surface area contributed by atoms with Crippen molar-refractivity contribution in [3.63, 3.8) is 0 Å². The first-order valence-electron chi connectivity index (χ1n) is 8.17. The fraction of sp³-hybridized carbons (Fsp3) is 0.389. The SMILES string of the molecule is Cl.O=C(NCCC1CCNC1)c1ccc(COc2cccc(Br)c2)o1. The minimum Gasteiger partial charge on any atom is -0.486 e. The third-order valence-corrected chi connectivity index (χ3v) is 4.56. The van der Waals surface area contributed by atoms with Crippen LogP contribution in [-0.4, -0.2) is 25.5 Å². The number of halogens is 2. The van der Waals surface area contributed by atoms with Gasteiger partial charge in [0.05, 0.1) is 0 Å². The van der Waals surface area contributed by atoms with Crippen LogP contribution < -0.4 is 15.4 Å². The first-order valence-corrected chi connectivity index (χ1v) is 8.96. The highest BCUT2D eigenvalue weighted by molar-refractivity contribution is 9.10. The van der Waals surface area contributed by atoms with Crippen molar-refractivity contribution in [2.75, 3.05) is 19.6 Å². The van der Waals surface area contributed by atoms with Crippen LogP contribution in [0, 0.1) is 5.92 Å². The molecular weight excluding hydrogens is 408 g/mol. The molecule has 7 heteroatoms. The molecule has 1 atom stereocenters. The third kappa shape index (κ3) is 6.06. The molecule has 0 spiro atoms. The molecule has 5 nitrogen and oxygen atoms in total. The summed E-state index contributed by atoms with van der Waals surface area (Å²) < 4.78 is 12.2. The van der Waals surface area contributed by atoms with Gasteiger partial charge in [0.25, 0.3) is 5.91 Å². The zero-order valence-electron chi connectivity index (χ0n) is 13.8. The molecule has 3 rings (SSSR count). The monoisotopic (exact) mass is 428 g/mol. The molecule has 0 radical (unpaired) electrons. The quantitative estimate of drug-likeness (QED) is 0.703. The summed E-state index contributed by atoms with van der Waals surface area (Å²) in [6, 6.07) is 11.1. The second-order valence-corrected chi connectivity index (χ2v) is 6.83. The van der Waals surface area contributed by atoms with E-state index < -0.39 is 0 Å². The molecule has 1 amide bonds. The minimum absolute atomic E-state index is 0. The van der Waals surface area contributed by atoms with E-state index in [9.17, 15) is 4.79 Å². The van der Waals surface area contributed by atoms with Crippen LogP contribution in [0.15, 0.2) is 45.3 Å². The van der Waals surface area contributed by atoms with Gasteiger partial charge in [-0.15, -0.1) is 12.4 Å². The Morgan fingerprint density at radius 3 is 3.00 bits per heavy atom. The van der Waals surface area contributed by atoms with Crippen molar-refractivity contribution >= 4 is 34.2 Å². The lowest BCUT2D eigenvalue weighted by molar-refractivity contribution is 0.0920. The standard InChI is InChI=1S/C18H21BrN2O3.ClH/c19-14-2-1-3-15(10-14)23-12-16-4-5-17(24-16)18(22)21-9-7-13-6-8-20-11-13;/h1-5,10,13,20H,6-9,11-12H2,(H,21,22);1H. The van der Waals surface area contributed by atoms with Crippen LogP contribution in [0.1, 0.15) is 29.2 Å². The van der Waals surface area contributed by atoms with Crippen LogP contribution in [0.4, 0.5) is 0 Å². The topological polar surface area (TPSA) is 63.5 Å². The molecule has 0 bridgehead atoms. The molecule has 0 saturated carbocycles. The highest BCUT2D eigenvalue weighted by Gasteiger charge is 2.15. The Kier molecular flexibility index (Phi) is 7.81. The van der Waals surface area contributed by atoms with E-state index in [1.165, 1.54) is 6.42 Å². The summed E-state index contributed by atoms with van der Waals surface area (Å²) in [5.74, 6) is 2.19. The lowest BCUT2D eigenvalue weighted by Gasteiger charge is -2.08. The van der Waals surface area contributed by atoms with Crippen molar-refractivity contribution in [1.82, 2.24) is 10.6 Å². The first-order chi connectivity index (χ1) is 11.7. The summed E-state index contributed by atoms with van der Waals surface area (Å²) in [5.41, 5.74) is 0. The zero-order chi connectivity index (χ0) is 16.8. The van der Waals surface area contributed by atoms with Crippen LogP contribution in [0.25, 0.3) is 0 Å². The minimum atomic E-state index is -0.172. The van der Waals surface area contributed by atoms with Gasteiger partial charge in [-0.2, -0.15) is 0 Å². The lowest BCUT2D eigenvalue weighted by Crippen LogP contribution is -2.26. The van der Waals surface area contributed by atoms with E-state index in [0.717, 1.165) is 29.7 Å². The number of furan rings is 1. The second kappa shape index (κ2) is 9.85. The smallest absolute Gasteiger partial charge is 0.286 e. The normalized spacial score (nSPS) is 16.3. The van der Waals surface area contributed by atoms with Gasteiger partial charge in [0.1, 0.15) is 18.1 Å². The average molecular weight is 430 g/mol. The van der Waals surface area contributed by atoms with Crippen LogP contribution in [0.2, 0.25) is 0 Å². The van der Waals surface area contributed by atoms with Gasteiger partial charge in [-0.05, 0) is 62.2 Å². The number of rotatable bonds is 7. The van der Waals surface area contributed by atoms with Crippen LogP contribution >= 0.6 is 28.3 Å². The Hall–Kier alpha value is -1.50. The molecule has 0 aliphatic carbocycles. The Bertz CT molecular complexity index is 686. The highest BCUT2D eigenvalue weighted by atomic mass is 79.9. The number of hydrogen-bond acceptors (Lipinski definition) is 4. The van der Waals surface area contributed by atoms with E-state index in [0.29, 0.717) is 24.0 Å². The van der Waals surface area contributed by atoms with Gasteiger partial charge in [0, 0.05) is 11.0 Å². The summed E-state index contributed by atoms with van der Waals surface area (Å²) in [6.45, 7) is 3.10. The Labute approximate surface area is 162 Å². The van der Waals surface area contributed by atoms with Crippen molar-refractivity contribution in [2.24, 2.45) is 5.92 Å². The van der Waals surface area contributed by atoms with Crippen LogP contribution in [0.3, 0.4) is 0 Å². The number of amides is 1. The first kappa shape index (κ1) is 19.8. The van der Waals surface area contributed by atoms with Gasteiger partial charge in [-0.1, -0.05) is 22.0 Å². The average Bonchev–Trinajstić information content (AvgIpc) is 3.25. The number of nitrogens with one attached hydrogen (secondary N) is 2. The maximum Gasteiger partial charge on any atom is 0.286 e. The Balaban J connectivity index is 0.00000225. The Morgan fingerprint density at radius 2 is 2.24 bits per heavy atom. The number of hydrogen-bond donors (Lipinski definition) is 2. The van der Waals surface area contributed by atoms with Crippen molar-refractivity contribution in [1.29, 1.82) is 0 Å². The van der Waals surface area contributed by atoms with Gasteiger partial charge >= 0.3 is 0 Å². The van der Waals surface area contributed by atoms with Gasteiger partial charge in [0.2, 0.25) is 0 Å². The van der Waals surface area contributed by atoms with Crippen molar-refractivity contribution in [3.05, 3.63) is 52.4 Å². The summed E-state index contributed by atoms with van der Waals surface area (Å²) in [6.07, 6.45) is 2.19. The molecule has 1 aliphatic heterocycles. The summed E-state index contributed by atoms with van der Waals surface area (Å²) >= 11 is 3.40. The molecule has 2 N–H and O–H groups in total. The molecule has 1 aromatic heterocycles. The predicted octanol–water partition coefficient (Wildman–Crippen LogP) is 3.77. The Morgan fingerprint density at radius 1 is 1.36 bits per heavy atom. The molecular formula is C18H22BrClN2O3. The fourth-order valence-corrected chi connectivity index (χ4v) is 3.10. The molecule has 2 aromatic rings. The largest absolute Gasteiger partial charge is 0.486 e. The van der Waals surface area contributed by atoms with Crippen LogP contribution in [-0.2, 0) is 6.61 Å². The maximum absolute atomic E-state index is 12.1. The number of ether oxygens (including phenoxy) is 1. The van der Waals surface area contributed by atoms with E-state index in [1.54, 1.807) is 12.1 Å². The predicted molar refractivity (Wildman–Crippen MR) is 102 cm³/mol. The third-order valence-electron chi connectivity index (χ3n) is 4.06. The van der Waals surface area contributed by atoms with E-state index >= 15 is 0 Å². The van der Waals surface area contributed by atoms with E-state index in [-0.39, 0.29) is 24.9 Å². The van der Waals surface area contributed by atoms with Gasteiger partial charge in [0.15, 0.2) is 5.76 Å². The molecule has 1 fully saturated rings. The molecule has 25 heavy (non-hydrogen) atoms. The van der Waals surface area contributed by atoms with Crippen molar-refractivity contribution in [2.45, 2.75) is 19.4 Å². The molecule has 1 unspecified atom stereocenters. The number of carbonyl (C=O) groups excluding carboxylic acids is 1. The fourth-order valence-electron chi connectivity index (χ4n) is 2.73. The zero-order valence-corrected chi connectivity index (χ0v) is 16.2. The molecule has 1 saturated heterocycles. The van der Waals surface area contributed by atoms with E-state index in [2.05, 4.69) is 26.6 Å². The highest BCUT2D eigenvalue weighted by Crippen LogP contribution is 2.19. The lowest BCUT2D eigenvalue weighted by atomic mass is 10.1. The molecule has 1 aromatic carbocycles. The maximum atomic E-state index is 12.1. The number of benzene rings is 1. The summed E-state index contributed by atoms with van der Waals surface area (Å²) in [4.78, 5) is 12.1. The summed E-state index contributed by atoms with van der Waals surface area (Å²) in [5, 5.41) is 6.24. The van der Waals surface area contributed by atoms with Gasteiger partial charge in [-0.3, -0.25) is 4.79 Å². The van der Waals surface area contributed by atoms with Gasteiger partial charge in [-0.25, -0.2) is 0 Å². The number of carbonyl (C=O) groups is 1. The van der Waals surface area contributed by atoms with Crippen molar-refractivity contribution < 1.29 is 13.9 Å². The van der Waals surface area contributed by atoms with E-state index in [1.807, 2.05) is 24.3 Å². The van der Waals surface area contributed by atoms with Crippen LogP contribution in [0.5, 0.6) is 5.75 Å². The second-order valence-electron chi connectivity index (χ2n) is 5.92. The van der Waals surface area contributed by atoms with Crippen molar-refractivity contribution in [3.8, 4) is 5.75 Å². The molecule has 136 valence electrons. The molecule has 1 aliphatic rings. The molecule has 2 heterocycles. The van der Waals surface area contributed by atoms with Gasteiger partial charge < -0.3 is 19.8 Å². The summed E-state index contributed by atoms with van der Waals surface area (Å²) in [7, 11) is 0.